The van der Waals surface area contributed by atoms with E-state index in [1.807, 2.05) is 0 Å². The molecule has 0 spiro atoms. The number of aliphatic hydroxyl groups excluding tert-OH is 1. The third kappa shape index (κ3) is 74.3. The van der Waals surface area contributed by atoms with E-state index in [9.17, 15) is 43.2 Å². The second kappa shape index (κ2) is 72.6. The molecule has 0 aliphatic heterocycles. The van der Waals surface area contributed by atoms with Gasteiger partial charge in [-0.3, -0.25) is 37.3 Å². The van der Waals surface area contributed by atoms with Crippen LogP contribution in [0.15, 0.2) is 0 Å². The van der Waals surface area contributed by atoms with Crippen LogP contribution in [0, 0.1) is 11.8 Å². The maximum atomic E-state index is 13.1. The molecule has 0 aromatic heterocycles. The van der Waals surface area contributed by atoms with E-state index < -0.39 is 97.5 Å². The number of aliphatic hydroxyl groups is 1. The van der Waals surface area contributed by atoms with Gasteiger partial charge >= 0.3 is 39.5 Å². The normalized spacial score (nSPS) is 13.9. The quantitative estimate of drug-likeness (QED) is 0.0222. The minimum atomic E-state index is -4.96. The van der Waals surface area contributed by atoms with Gasteiger partial charge in [-0.2, -0.15) is 0 Å². The predicted molar refractivity (Wildman–Crippen MR) is 409 cm³/mol. The third-order valence-corrected chi connectivity index (χ3v) is 20.9. The molecular weight excluding hydrogens is 1310 g/mol. The van der Waals surface area contributed by atoms with E-state index >= 15 is 0 Å². The molecule has 0 aromatic rings. The molecule has 594 valence electrons. The van der Waals surface area contributed by atoms with Crippen LogP contribution in [0.3, 0.4) is 0 Å². The van der Waals surface area contributed by atoms with Crippen LogP contribution in [-0.2, 0) is 65.4 Å². The van der Waals surface area contributed by atoms with Crippen molar-refractivity contribution in [3.63, 3.8) is 0 Å². The molecule has 0 bridgehead atoms. The first-order chi connectivity index (χ1) is 48.4. The lowest BCUT2D eigenvalue weighted by Gasteiger charge is -2.21. The smallest absolute Gasteiger partial charge is 0.462 e. The molecule has 0 fully saturated rings. The monoisotopic (exact) mass is 1470 g/mol. The second-order valence-electron chi connectivity index (χ2n) is 30.1. The molecule has 0 rings (SSSR count). The van der Waals surface area contributed by atoms with Crippen molar-refractivity contribution in [2.45, 2.75) is 445 Å². The summed E-state index contributed by atoms with van der Waals surface area (Å²) in [5.41, 5.74) is 0. The van der Waals surface area contributed by atoms with Gasteiger partial charge in [0, 0.05) is 25.7 Å². The lowest BCUT2D eigenvalue weighted by atomic mass is 10.0. The van der Waals surface area contributed by atoms with Crippen molar-refractivity contribution in [3.8, 4) is 0 Å². The summed E-state index contributed by atoms with van der Waals surface area (Å²) in [6.07, 6.45) is 62.7. The highest BCUT2D eigenvalue weighted by Crippen LogP contribution is 2.45. The number of carbonyl (C=O) groups is 4. The van der Waals surface area contributed by atoms with Gasteiger partial charge in [-0.05, 0) is 37.5 Å². The lowest BCUT2D eigenvalue weighted by molar-refractivity contribution is -0.161. The molecule has 0 saturated carbocycles. The van der Waals surface area contributed by atoms with E-state index in [1.54, 1.807) is 0 Å². The topological polar surface area (TPSA) is 237 Å². The molecule has 0 aliphatic rings. The molecule has 2 unspecified atom stereocenters. The van der Waals surface area contributed by atoms with Crippen LogP contribution in [0.4, 0.5) is 0 Å². The number of phosphoric acid groups is 2. The van der Waals surface area contributed by atoms with Crippen LogP contribution in [0.25, 0.3) is 0 Å². The zero-order chi connectivity index (χ0) is 73.5. The lowest BCUT2D eigenvalue weighted by Crippen LogP contribution is -2.30. The van der Waals surface area contributed by atoms with Gasteiger partial charge in [0.25, 0.3) is 0 Å². The summed E-state index contributed by atoms with van der Waals surface area (Å²) in [4.78, 5) is 73.0. The molecule has 100 heavy (non-hydrogen) atoms. The number of ether oxygens (including phenoxy) is 4. The zero-order valence-corrected chi connectivity index (χ0v) is 67.3. The number of phosphoric ester groups is 2. The molecule has 19 heteroatoms. The van der Waals surface area contributed by atoms with E-state index in [-0.39, 0.29) is 25.7 Å². The fourth-order valence-corrected chi connectivity index (χ4v) is 14.1. The number of rotatable bonds is 80. The van der Waals surface area contributed by atoms with E-state index in [0.29, 0.717) is 31.6 Å². The Morgan fingerprint density at radius 1 is 0.270 bits per heavy atom. The minimum Gasteiger partial charge on any atom is -0.462 e. The van der Waals surface area contributed by atoms with Crippen LogP contribution in [-0.4, -0.2) is 96.7 Å². The SMILES string of the molecule is CCCCCCCCCCCCCCCCCCCCCCCC(=O)O[C@H](COC(=O)CCCCCCCCCCCCCCCCCCC)COP(=O)(O)OC[C@@H](O)COP(=O)(O)OC[C@@H](COC(=O)CCCCCCCCCC(C)C)OC(=O)CCCCCCCCCCCC(C)C. The molecule has 5 atom stereocenters. The van der Waals surface area contributed by atoms with Gasteiger partial charge in [-0.15, -0.1) is 0 Å². The summed E-state index contributed by atoms with van der Waals surface area (Å²) in [6, 6.07) is 0. The fraction of sp³-hybridized carbons (Fsp3) is 0.951. The van der Waals surface area contributed by atoms with Gasteiger partial charge in [0.15, 0.2) is 12.2 Å². The van der Waals surface area contributed by atoms with Crippen LogP contribution >= 0.6 is 15.6 Å². The van der Waals surface area contributed by atoms with E-state index in [4.69, 9.17) is 37.0 Å². The molecule has 17 nitrogen and oxygen atoms in total. The van der Waals surface area contributed by atoms with Crippen molar-refractivity contribution < 1.29 is 80.2 Å². The summed E-state index contributed by atoms with van der Waals surface area (Å²) in [7, 11) is -9.92. The van der Waals surface area contributed by atoms with Crippen molar-refractivity contribution in [1.82, 2.24) is 0 Å². The Labute approximate surface area is 613 Å². The molecule has 0 radical (unpaired) electrons. The fourth-order valence-electron chi connectivity index (χ4n) is 12.5. The maximum Gasteiger partial charge on any atom is 0.472 e. The highest BCUT2D eigenvalue weighted by Gasteiger charge is 2.30. The summed E-state index contributed by atoms with van der Waals surface area (Å²) >= 11 is 0. The Morgan fingerprint density at radius 2 is 0.460 bits per heavy atom. The van der Waals surface area contributed by atoms with Gasteiger partial charge in [-0.1, -0.05) is 375 Å². The molecule has 0 saturated heterocycles. The molecule has 0 aliphatic carbocycles. The Balaban J connectivity index is 5.21. The first-order valence-corrected chi connectivity index (χ1v) is 45.0. The zero-order valence-electron chi connectivity index (χ0n) is 65.5. The van der Waals surface area contributed by atoms with Gasteiger partial charge in [0.1, 0.15) is 19.3 Å². The molecule has 0 aromatic carbocycles. The second-order valence-corrected chi connectivity index (χ2v) is 33.0. The number of hydrogen-bond donors (Lipinski definition) is 3. The van der Waals surface area contributed by atoms with Crippen LogP contribution < -0.4 is 0 Å². The highest BCUT2D eigenvalue weighted by atomic mass is 31.2. The molecule has 0 amide bonds. The summed E-state index contributed by atoms with van der Waals surface area (Å²) < 4.78 is 68.7. The van der Waals surface area contributed by atoms with Crippen molar-refractivity contribution in [3.05, 3.63) is 0 Å². The number of carbonyl (C=O) groups excluding carboxylic acids is 4. The van der Waals surface area contributed by atoms with Crippen molar-refractivity contribution in [2.75, 3.05) is 39.6 Å². The molecular formula is C81H158O17P2. The van der Waals surface area contributed by atoms with Crippen molar-refractivity contribution >= 4 is 39.5 Å². The average molecular weight is 1470 g/mol. The maximum absolute atomic E-state index is 13.1. The Morgan fingerprint density at radius 3 is 0.680 bits per heavy atom. The van der Waals surface area contributed by atoms with Gasteiger partial charge in [0.2, 0.25) is 0 Å². The summed E-state index contributed by atoms with van der Waals surface area (Å²) in [5.74, 6) is -0.670. The standard InChI is InChI=1S/C81H158O17P2/c1-7-9-11-13-15-17-19-21-23-25-26-27-28-30-32-34-36-40-46-53-59-65-80(85)97-76(69-91-78(83)63-57-51-45-39-35-33-31-29-24-22-20-18-16-14-12-10-8-2)71-95-99(87,88)93-67-75(82)68-94-100(89,90)96-72-77(70-92-79(84)64-58-52-48-42-44-50-56-62-74(5)6)98-81(86)66-60-54-47-41-37-38-43-49-55-61-73(3)4/h73-77,82H,7-72H2,1-6H3,(H,87,88)(H,89,90)/t75-,76-,77-/m1/s1. The first kappa shape index (κ1) is 98.1. The first-order valence-electron chi connectivity index (χ1n) is 42.0. The van der Waals surface area contributed by atoms with E-state index in [0.717, 1.165) is 102 Å². The predicted octanol–water partition coefficient (Wildman–Crippen LogP) is 24.3. The Hall–Kier alpha value is -1.94. The highest BCUT2D eigenvalue weighted by molar-refractivity contribution is 7.47. The van der Waals surface area contributed by atoms with Crippen LogP contribution in [0.5, 0.6) is 0 Å². The molecule has 3 N–H and O–H groups in total. The van der Waals surface area contributed by atoms with Gasteiger partial charge in [-0.25, -0.2) is 9.13 Å². The van der Waals surface area contributed by atoms with E-state index in [2.05, 4.69) is 41.5 Å². The number of esters is 4. The van der Waals surface area contributed by atoms with Gasteiger partial charge < -0.3 is 33.8 Å². The largest absolute Gasteiger partial charge is 0.472 e. The summed E-state index contributed by atoms with van der Waals surface area (Å²) in [5, 5.41) is 10.6. The van der Waals surface area contributed by atoms with Gasteiger partial charge in [0.05, 0.1) is 26.4 Å². The van der Waals surface area contributed by atoms with Crippen molar-refractivity contribution in [2.24, 2.45) is 11.8 Å². The van der Waals surface area contributed by atoms with E-state index in [1.165, 1.54) is 238 Å². The minimum absolute atomic E-state index is 0.105. The molecule has 0 heterocycles. The third-order valence-electron chi connectivity index (χ3n) is 19.0. The number of hydrogen-bond acceptors (Lipinski definition) is 15. The Kier molecular flexibility index (Phi) is 71.2. The average Bonchev–Trinajstić information content (AvgIpc) is 0.917. The Bertz CT molecular complexity index is 1920. The van der Waals surface area contributed by atoms with Crippen LogP contribution in [0.1, 0.15) is 427 Å². The van der Waals surface area contributed by atoms with Crippen LogP contribution in [0.2, 0.25) is 0 Å². The van der Waals surface area contributed by atoms with Crippen molar-refractivity contribution in [1.29, 1.82) is 0 Å². The number of unbranched alkanes of at least 4 members (excludes halogenated alkanes) is 50. The summed E-state index contributed by atoms with van der Waals surface area (Å²) in [6.45, 7) is 9.55.